The van der Waals surface area contributed by atoms with E-state index in [0.717, 1.165) is 11.9 Å². The van der Waals surface area contributed by atoms with Gasteiger partial charge in [-0.3, -0.25) is 4.79 Å². The summed E-state index contributed by atoms with van der Waals surface area (Å²) >= 11 is 0. The van der Waals surface area contributed by atoms with Crippen molar-refractivity contribution in [1.82, 2.24) is 20.2 Å². The minimum atomic E-state index is -3.49. The van der Waals surface area contributed by atoms with Crippen molar-refractivity contribution in [1.29, 1.82) is 0 Å². The third-order valence-corrected chi connectivity index (χ3v) is 4.42. The monoisotopic (exact) mass is 343 g/mol. The lowest BCUT2D eigenvalue weighted by Crippen LogP contribution is -2.16. The lowest BCUT2D eigenvalue weighted by Gasteiger charge is -2.09. The molecular weight excluding hydrogens is 330 g/mol. The van der Waals surface area contributed by atoms with Gasteiger partial charge in [-0.05, 0) is 46.8 Å². The zero-order valence-corrected chi connectivity index (χ0v) is 13.4. The Kier molecular flexibility index (Phi) is 4.09. The second-order valence-electron chi connectivity index (χ2n) is 5.02. The van der Waals surface area contributed by atoms with Gasteiger partial charge in [0.15, 0.2) is 9.84 Å². The summed E-state index contributed by atoms with van der Waals surface area (Å²) < 4.78 is 25.0. The van der Waals surface area contributed by atoms with E-state index in [1.54, 1.807) is 36.4 Å². The van der Waals surface area contributed by atoms with E-state index in [1.165, 1.54) is 23.1 Å². The van der Waals surface area contributed by atoms with Crippen LogP contribution in [0.2, 0.25) is 0 Å². The third-order valence-electron chi connectivity index (χ3n) is 3.27. The van der Waals surface area contributed by atoms with Crippen molar-refractivity contribution in [2.45, 2.75) is 4.90 Å². The summed E-state index contributed by atoms with van der Waals surface area (Å²) in [5, 5.41) is 13.5. The molecule has 8 nitrogen and oxygen atoms in total. The van der Waals surface area contributed by atoms with Crippen LogP contribution in [0.1, 0.15) is 10.4 Å². The highest BCUT2D eigenvalue weighted by molar-refractivity contribution is 7.90. The number of rotatable bonds is 4. The fourth-order valence-corrected chi connectivity index (χ4v) is 3.04. The third kappa shape index (κ3) is 3.30. The molecular formula is C15H13N5O3S. The number of hydrogen-bond donors (Lipinski definition) is 1. The summed E-state index contributed by atoms with van der Waals surface area (Å²) in [6.45, 7) is 0. The molecule has 0 saturated carbocycles. The van der Waals surface area contributed by atoms with Gasteiger partial charge in [-0.2, -0.15) is 0 Å². The zero-order chi connectivity index (χ0) is 17.2. The number of carbonyl (C=O) groups is 1. The molecule has 3 aromatic rings. The zero-order valence-electron chi connectivity index (χ0n) is 12.6. The van der Waals surface area contributed by atoms with Gasteiger partial charge in [-0.15, -0.1) is 5.10 Å². The van der Waals surface area contributed by atoms with Crippen molar-refractivity contribution in [2.75, 3.05) is 11.6 Å². The molecule has 0 radical (unpaired) electrons. The SMILES string of the molecule is CS(=O)(=O)c1ccccc1C(=O)Nc1ccc(-n2cnnn2)cc1. The molecule has 0 aliphatic heterocycles. The molecule has 1 N–H and O–H groups in total. The average molecular weight is 343 g/mol. The molecule has 24 heavy (non-hydrogen) atoms. The summed E-state index contributed by atoms with van der Waals surface area (Å²) in [6, 6.07) is 12.9. The van der Waals surface area contributed by atoms with E-state index < -0.39 is 15.7 Å². The number of amides is 1. The van der Waals surface area contributed by atoms with Crippen LogP contribution in [0.5, 0.6) is 0 Å². The van der Waals surface area contributed by atoms with E-state index in [0.29, 0.717) is 5.69 Å². The summed E-state index contributed by atoms with van der Waals surface area (Å²) in [7, 11) is -3.49. The van der Waals surface area contributed by atoms with E-state index in [2.05, 4.69) is 20.8 Å². The summed E-state index contributed by atoms with van der Waals surface area (Å²) in [4.78, 5) is 12.4. The molecule has 0 aliphatic carbocycles. The molecule has 0 aliphatic rings. The highest BCUT2D eigenvalue weighted by Gasteiger charge is 2.18. The molecule has 0 atom stereocenters. The molecule has 9 heteroatoms. The molecule has 0 fully saturated rings. The summed E-state index contributed by atoms with van der Waals surface area (Å²) in [6.07, 6.45) is 2.52. The van der Waals surface area contributed by atoms with Crippen molar-refractivity contribution in [3.8, 4) is 5.69 Å². The number of aromatic nitrogens is 4. The first-order valence-corrected chi connectivity index (χ1v) is 8.78. The molecule has 0 spiro atoms. The van der Waals surface area contributed by atoms with Crippen molar-refractivity contribution < 1.29 is 13.2 Å². The van der Waals surface area contributed by atoms with E-state index in [-0.39, 0.29) is 10.5 Å². The smallest absolute Gasteiger partial charge is 0.256 e. The van der Waals surface area contributed by atoms with Gasteiger partial charge in [0.05, 0.1) is 16.1 Å². The Morgan fingerprint density at radius 2 is 1.79 bits per heavy atom. The Morgan fingerprint density at radius 3 is 2.42 bits per heavy atom. The minimum absolute atomic E-state index is 0.00666. The van der Waals surface area contributed by atoms with E-state index in [1.807, 2.05) is 0 Å². The van der Waals surface area contributed by atoms with E-state index >= 15 is 0 Å². The number of nitrogens with zero attached hydrogens (tertiary/aromatic N) is 4. The van der Waals surface area contributed by atoms with Crippen molar-refractivity contribution >= 4 is 21.4 Å². The van der Waals surface area contributed by atoms with Gasteiger partial charge in [-0.25, -0.2) is 13.1 Å². The maximum Gasteiger partial charge on any atom is 0.256 e. The van der Waals surface area contributed by atoms with Gasteiger partial charge in [0.2, 0.25) is 0 Å². The van der Waals surface area contributed by atoms with Gasteiger partial charge in [0.1, 0.15) is 6.33 Å². The first-order valence-electron chi connectivity index (χ1n) is 6.89. The molecule has 0 bridgehead atoms. The lowest BCUT2D eigenvalue weighted by atomic mass is 10.2. The van der Waals surface area contributed by atoms with Crippen LogP contribution in [0.4, 0.5) is 5.69 Å². The Hall–Kier alpha value is -3.07. The van der Waals surface area contributed by atoms with Crippen LogP contribution in [0, 0.1) is 0 Å². The van der Waals surface area contributed by atoms with Gasteiger partial charge >= 0.3 is 0 Å². The van der Waals surface area contributed by atoms with E-state index in [9.17, 15) is 13.2 Å². The quantitative estimate of drug-likeness (QED) is 0.765. The Morgan fingerprint density at radius 1 is 1.08 bits per heavy atom. The predicted octanol–water partition coefficient (Wildman–Crippen LogP) is 1.32. The van der Waals surface area contributed by atoms with Crippen LogP contribution in [0.25, 0.3) is 5.69 Å². The maximum atomic E-state index is 12.4. The number of carbonyl (C=O) groups excluding carboxylic acids is 1. The van der Waals surface area contributed by atoms with Crippen LogP contribution >= 0.6 is 0 Å². The van der Waals surface area contributed by atoms with Crippen LogP contribution in [0.15, 0.2) is 59.8 Å². The molecule has 1 heterocycles. The fraction of sp³-hybridized carbons (Fsp3) is 0.0667. The van der Waals surface area contributed by atoms with Crippen LogP contribution in [-0.4, -0.2) is 40.8 Å². The first kappa shape index (κ1) is 15.8. The summed E-state index contributed by atoms with van der Waals surface area (Å²) in [5.74, 6) is -0.494. The highest BCUT2D eigenvalue weighted by atomic mass is 32.2. The van der Waals surface area contributed by atoms with Crippen LogP contribution in [0.3, 0.4) is 0 Å². The number of tetrazole rings is 1. The Labute approximate surface area is 138 Å². The Balaban J connectivity index is 1.83. The second-order valence-corrected chi connectivity index (χ2v) is 7.01. The molecule has 1 aromatic heterocycles. The van der Waals surface area contributed by atoms with Gasteiger partial charge in [0.25, 0.3) is 5.91 Å². The van der Waals surface area contributed by atoms with Crippen molar-refractivity contribution in [3.63, 3.8) is 0 Å². The standard InChI is InChI=1S/C15H13N5O3S/c1-24(22,23)14-5-3-2-4-13(14)15(21)17-11-6-8-12(9-7-11)20-10-16-18-19-20/h2-10H,1H3,(H,17,21). The Bertz CT molecular complexity index is 967. The molecule has 0 saturated heterocycles. The van der Waals surface area contributed by atoms with Crippen LogP contribution in [-0.2, 0) is 9.84 Å². The number of nitrogens with one attached hydrogen (secondary N) is 1. The first-order chi connectivity index (χ1) is 11.4. The number of sulfone groups is 1. The maximum absolute atomic E-state index is 12.4. The summed E-state index contributed by atoms with van der Waals surface area (Å²) in [5.41, 5.74) is 1.36. The minimum Gasteiger partial charge on any atom is -0.322 e. The molecule has 2 aromatic carbocycles. The lowest BCUT2D eigenvalue weighted by molar-refractivity contribution is 0.102. The fourth-order valence-electron chi connectivity index (χ4n) is 2.15. The molecule has 3 rings (SSSR count). The largest absolute Gasteiger partial charge is 0.322 e. The topological polar surface area (TPSA) is 107 Å². The number of benzene rings is 2. The van der Waals surface area contributed by atoms with Crippen LogP contribution < -0.4 is 5.32 Å². The molecule has 122 valence electrons. The van der Waals surface area contributed by atoms with Gasteiger partial charge in [0, 0.05) is 11.9 Å². The van der Waals surface area contributed by atoms with E-state index in [4.69, 9.17) is 0 Å². The van der Waals surface area contributed by atoms with Gasteiger partial charge < -0.3 is 5.32 Å². The number of anilines is 1. The number of hydrogen-bond acceptors (Lipinski definition) is 6. The van der Waals surface area contributed by atoms with Crippen molar-refractivity contribution in [3.05, 3.63) is 60.4 Å². The molecule has 1 amide bonds. The van der Waals surface area contributed by atoms with Gasteiger partial charge in [-0.1, -0.05) is 12.1 Å². The normalized spacial score (nSPS) is 11.2. The average Bonchev–Trinajstić information content (AvgIpc) is 3.09. The highest BCUT2D eigenvalue weighted by Crippen LogP contribution is 2.18. The second kappa shape index (κ2) is 6.20. The molecule has 0 unspecified atom stereocenters. The van der Waals surface area contributed by atoms with Crippen molar-refractivity contribution in [2.24, 2.45) is 0 Å². The predicted molar refractivity (Wildman–Crippen MR) is 86.7 cm³/mol.